The molecule has 0 unspecified atom stereocenters. The summed E-state index contributed by atoms with van der Waals surface area (Å²) in [6, 6.07) is 20.0. The molecule has 6 nitrogen and oxygen atoms in total. The maximum atomic E-state index is 13.1. The van der Waals surface area contributed by atoms with Crippen LogP contribution in [-0.2, 0) is 14.4 Å². The van der Waals surface area contributed by atoms with Gasteiger partial charge in [-0.2, -0.15) is 0 Å². The van der Waals surface area contributed by atoms with Crippen molar-refractivity contribution >= 4 is 17.7 Å². The number of carboxylic acid groups (broad SMARTS) is 1. The van der Waals surface area contributed by atoms with E-state index >= 15 is 0 Å². The number of nitrogens with zero attached hydrogens (tertiary/aromatic N) is 1. The summed E-state index contributed by atoms with van der Waals surface area (Å²) < 4.78 is 1.67. The first-order valence-corrected chi connectivity index (χ1v) is 11.1. The third-order valence-corrected chi connectivity index (χ3v) is 5.59. The zero-order valence-corrected chi connectivity index (χ0v) is 19.2. The molecule has 0 aliphatic carbocycles. The molecule has 2 aromatic carbocycles. The molecule has 2 N–H and O–H groups in total. The fraction of sp³-hybridized carbons (Fsp3) is 0.296. The van der Waals surface area contributed by atoms with Crippen molar-refractivity contribution < 1.29 is 19.5 Å². The smallest absolute Gasteiger partial charge is 0.306 e. The summed E-state index contributed by atoms with van der Waals surface area (Å²) >= 11 is 0. The average molecular weight is 447 g/mol. The lowest BCUT2D eigenvalue weighted by molar-refractivity contribution is -0.141. The highest BCUT2D eigenvalue weighted by Crippen LogP contribution is 2.28. The Hall–Kier alpha value is -3.67. The van der Waals surface area contributed by atoms with E-state index in [4.69, 9.17) is 0 Å². The van der Waals surface area contributed by atoms with Crippen molar-refractivity contribution in [3.8, 4) is 22.4 Å². The Labute approximate surface area is 194 Å². The van der Waals surface area contributed by atoms with E-state index in [9.17, 15) is 19.5 Å². The third-order valence-electron chi connectivity index (χ3n) is 5.59. The number of Topliss-reactive ketones (excluding diaryl/α,β-unsaturated/α-hetero) is 1. The van der Waals surface area contributed by atoms with Gasteiger partial charge < -0.3 is 15.0 Å². The van der Waals surface area contributed by atoms with E-state index in [1.54, 1.807) is 16.8 Å². The minimum absolute atomic E-state index is 0.143. The first kappa shape index (κ1) is 24.0. The highest BCUT2D eigenvalue weighted by Gasteiger charge is 2.28. The minimum Gasteiger partial charge on any atom is -0.481 e. The largest absolute Gasteiger partial charge is 0.481 e. The Bertz CT molecular complexity index is 1100. The Balaban J connectivity index is 1.90. The quantitative estimate of drug-likeness (QED) is 0.461. The van der Waals surface area contributed by atoms with Gasteiger partial charge in [0, 0.05) is 11.9 Å². The summed E-state index contributed by atoms with van der Waals surface area (Å²) in [5.74, 6) is -1.49. The molecule has 172 valence electrons. The molecule has 2 atom stereocenters. The number of hydrogen-bond acceptors (Lipinski definition) is 3. The van der Waals surface area contributed by atoms with Gasteiger partial charge in [-0.05, 0) is 48.1 Å². The number of hydrogen-bond donors (Lipinski definition) is 2. The molecule has 0 saturated carbocycles. The van der Waals surface area contributed by atoms with Crippen LogP contribution in [-0.4, -0.2) is 33.4 Å². The maximum absolute atomic E-state index is 13.1. The molecule has 1 heterocycles. The fourth-order valence-corrected chi connectivity index (χ4v) is 3.92. The number of nitrogens with one attached hydrogen (secondary N) is 1. The number of aromatic nitrogens is 1. The third kappa shape index (κ3) is 6.19. The molecule has 1 amide bonds. The maximum Gasteiger partial charge on any atom is 0.306 e. The van der Waals surface area contributed by atoms with Crippen molar-refractivity contribution in [3.63, 3.8) is 0 Å². The Morgan fingerprint density at radius 1 is 0.879 bits per heavy atom. The van der Waals surface area contributed by atoms with Gasteiger partial charge in [0.1, 0.15) is 6.04 Å². The second-order valence-electron chi connectivity index (χ2n) is 8.66. The zero-order valence-electron chi connectivity index (χ0n) is 19.2. The lowest BCUT2D eigenvalue weighted by Crippen LogP contribution is -2.44. The van der Waals surface area contributed by atoms with Crippen LogP contribution in [0.1, 0.15) is 39.7 Å². The molecule has 33 heavy (non-hydrogen) atoms. The standard InChI is InChI=1S/C27H30N2O4/c1-18(2)16-23(19(3)30)28-27(33)25(17-26(31)32)29-15-7-10-24(29)22-13-11-21(12-14-22)20-8-5-4-6-9-20/h4-15,18,23,25H,16-17H2,1-3H3,(H,28,33)(H,31,32)/t23-,25+/m0/s1. The summed E-state index contributed by atoms with van der Waals surface area (Å²) in [7, 11) is 0. The van der Waals surface area contributed by atoms with Gasteiger partial charge in [0.05, 0.1) is 12.5 Å². The van der Waals surface area contributed by atoms with Crippen LogP contribution in [0.4, 0.5) is 0 Å². The van der Waals surface area contributed by atoms with Crippen molar-refractivity contribution in [1.29, 1.82) is 0 Å². The zero-order chi connectivity index (χ0) is 24.0. The first-order valence-electron chi connectivity index (χ1n) is 11.1. The second-order valence-corrected chi connectivity index (χ2v) is 8.66. The fourth-order valence-electron chi connectivity index (χ4n) is 3.92. The Morgan fingerprint density at radius 2 is 1.48 bits per heavy atom. The van der Waals surface area contributed by atoms with Crippen molar-refractivity contribution in [1.82, 2.24) is 9.88 Å². The van der Waals surface area contributed by atoms with Gasteiger partial charge in [-0.15, -0.1) is 0 Å². The van der Waals surface area contributed by atoms with Gasteiger partial charge in [0.2, 0.25) is 5.91 Å². The number of carboxylic acids is 1. The molecule has 0 aliphatic heterocycles. The number of carbonyl (C=O) groups is 3. The number of ketones is 1. The first-order chi connectivity index (χ1) is 15.8. The van der Waals surface area contributed by atoms with E-state index in [0.717, 1.165) is 22.4 Å². The highest BCUT2D eigenvalue weighted by molar-refractivity contribution is 5.91. The van der Waals surface area contributed by atoms with E-state index in [1.165, 1.54) is 6.92 Å². The Morgan fingerprint density at radius 3 is 2.06 bits per heavy atom. The summed E-state index contributed by atoms with van der Waals surface area (Å²) in [6.45, 7) is 5.38. The minimum atomic E-state index is -1.09. The lowest BCUT2D eigenvalue weighted by atomic mass is 10.00. The summed E-state index contributed by atoms with van der Waals surface area (Å²) in [5, 5.41) is 12.3. The average Bonchev–Trinajstić information content (AvgIpc) is 3.26. The molecule has 3 aromatic rings. The number of carbonyl (C=O) groups excluding carboxylic acids is 2. The molecule has 0 fully saturated rings. The molecule has 0 aliphatic rings. The van der Waals surface area contributed by atoms with Crippen LogP contribution >= 0.6 is 0 Å². The van der Waals surface area contributed by atoms with Crippen LogP contribution in [0.3, 0.4) is 0 Å². The van der Waals surface area contributed by atoms with Gasteiger partial charge in [-0.1, -0.05) is 68.4 Å². The van der Waals surface area contributed by atoms with E-state index < -0.39 is 24.0 Å². The Kier molecular flexibility index (Phi) is 7.83. The topological polar surface area (TPSA) is 88.4 Å². The monoisotopic (exact) mass is 446 g/mol. The number of amides is 1. The summed E-state index contributed by atoms with van der Waals surface area (Å²) in [6.07, 6.45) is 1.82. The highest BCUT2D eigenvalue weighted by atomic mass is 16.4. The van der Waals surface area contributed by atoms with Crippen LogP contribution in [0.15, 0.2) is 72.9 Å². The molecular weight excluding hydrogens is 416 g/mol. The van der Waals surface area contributed by atoms with Crippen LogP contribution in [0.25, 0.3) is 22.4 Å². The van der Waals surface area contributed by atoms with Crippen LogP contribution < -0.4 is 5.32 Å². The number of rotatable bonds is 10. The molecule has 6 heteroatoms. The summed E-state index contributed by atoms with van der Waals surface area (Å²) in [5.41, 5.74) is 3.77. The van der Waals surface area contributed by atoms with Gasteiger partial charge in [0.25, 0.3) is 0 Å². The second kappa shape index (κ2) is 10.8. The lowest BCUT2D eigenvalue weighted by Gasteiger charge is -2.24. The van der Waals surface area contributed by atoms with Crippen molar-refractivity contribution in [2.24, 2.45) is 5.92 Å². The predicted octanol–water partition coefficient (Wildman–Crippen LogP) is 4.96. The van der Waals surface area contributed by atoms with Gasteiger partial charge in [-0.3, -0.25) is 14.4 Å². The summed E-state index contributed by atoms with van der Waals surface area (Å²) in [4.78, 5) is 36.8. The molecule has 0 radical (unpaired) electrons. The molecule has 1 aromatic heterocycles. The van der Waals surface area contributed by atoms with Gasteiger partial charge in [0.15, 0.2) is 5.78 Å². The molecule has 0 bridgehead atoms. The molecule has 3 rings (SSSR count). The SMILES string of the molecule is CC(=O)[C@H](CC(C)C)NC(=O)[C@@H](CC(=O)O)n1cccc1-c1ccc(-c2ccccc2)cc1. The van der Waals surface area contributed by atoms with Crippen molar-refractivity contribution in [2.75, 3.05) is 0 Å². The van der Waals surface area contributed by atoms with Crippen LogP contribution in [0.2, 0.25) is 0 Å². The van der Waals surface area contributed by atoms with Crippen LogP contribution in [0, 0.1) is 5.92 Å². The van der Waals surface area contributed by atoms with Crippen molar-refractivity contribution in [2.45, 2.75) is 45.7 Å². The number of benzene rings is 2. The normalized spacial score (nSPS) is 12.8. The van der Waals surface area contributed by atoms with E-state index in [0.29, 0.717) is 6.42 Å². The predicted molar refractivity (Wildman–Crippen MR) is 129 cm³/mol. The molecule has 0 spiro atoms. The van der Waals surface area contributed by atoms with E-state index in [-0.39, 0.29) is 18.1 Å². The molecule has 0 saturated heterocycles. The van der Waals surface area contributed by atoms with E-state index in [1.807, 2.05) is 74.5 Å². The van der Waals surface area contributed by atoms with Crippen molar-refractivity contribution in [3.05, 3.63) is 72.9 Å². The number of aliphatic carboxylic acids is 1. The van der Waals surface area contributed by atoms with E-state index in [2.05, 4.69) is 5.32 Å². The van der Waals surface area contributed by atoms with Crippen LogP contribution in [0.5, 0.6) is 0 Å². The van der Waals surface area contributed by atoms with Gasteiger partial charge >= 0.3 is 5.97 Å². The molecular formula is C27H30N2O4. The van der Waals surface area contributed by atoms with Gasteiger partial charge in [-0.25, -0.2) is 0 Å².